The molecule has 0 aromatic heterocycles. The summed E-state index contributed by atoms with van der Waals surface area (Å²) < 4.78 is 0. The first kappa shape index (κ1) is 16.4. The van der Waals surface area contributed by atoms with Gasteiger partial charge in [-0.1, -0.05) is 37.3 Å². The summed E-state index contributed by atoms with van der Waals surface area (Å²) in [4.78, 5) is 14.7. The lowest BCUT2D eigenvalue weighted by molar-refractivity contribution is -0.115. The Kier molecular flexibility index (Phi) is 4.47. The fourth-order valence-electron chi connectivity index (χ4n) is 3.28. The van der Waals surface area contributed by atoms with E-state index in [0.29, 0.717) is 6.54 Å². The molecule has 126 valence electrons. The third-order valence-corrected chi connectivity index (χ3v) is 4.31. The van der Waals surface area contributed by atoms with E-state index >= 15 is 0 Å². The van der Waals surface area contributed by atoms with Crippen molar-refractivity contribution in [3.05, 3.63) is 54.1 Å². The molecule has 1 aliphatic heterocycles. The molecule has 0 bridgehead atoms. The van der Waals surface area contributed by atoms with Gasteiger partial charge in [0.05, 0.1) is 17.9 Å². The lowest BCUT2D eigenvalue weighted by atomic mass is 9.99. The van der Waals surface area contributed by atoms with Gasteiger partial charge in [-0.25, -0.2) is 0 Å². The predicted molar refractivity (Wildman–Crippen MR) is 101 cm³/mol. The molecule has 1 heterocycles. The van der Waals surface area contributed by atoms with E-state index in [1.165, 1.54) is 0 Å². The molecule has 4 nitrogen and oxygen atoms in total. The van der Waals surface area contributed by atoms with Gasteiger partial charge in [0.15, 0.2) is 0 Å². The summed E-state index contributed by atoms with van der Waals surface area (Å²) in [6, 6.07) is 16.1. The number of hydrogen-bond acceptors (Lipinski definition) is 3. The summed E-state index contributed by atoms with van der Waals surface area (Å²) in [5, 5.41) is 6.60. The van der Waals surface area contributed by atoms with Crippen LogP contribution in [0, 0.1) is 0 Å². The van der Waals surface area contributed by atoms with Crippen LogP contribution in [-0.4, -0.2) is 24.5 Å². The Balaban J connectivity index is 1.77. The van der Waals surface area contributed by atoms with Crippen molar-refractivity contribution in [1.29, 1.82) is 0 Å². The number of hydrogen-bond donors (Lipinski definition) is 2. The molecule has 0 unspecified atom stereocenters. The number of nitrogens with one attached hydrogen (secondary N) is 2. The Hall–Kier alpha value is -2.49. The van der Waals surface area contributed by atoms with Gasteiger partial charge in [0.1, 0.15) is 0 Å². The molecular formula is C20H25N3O. The standard InChI is InChI=1S/C20H25N3O/c1-4-15-9-5-6-10-16(15)21-19(24)13-23-14-20(2,3)22-17-11-7-8-12-18(17)23/h5-12,22H,4,13-14H2,1-3H3,(H,21,24). The van der Waals surface area contributed by atoms with Gasteiger partial charge in [0.2, 0.25) is 5.91 Å². The Morgan fingerprint density at radius 3 is 2.67 bits per heavy atom. The average Bonchev–Trinajstić information content (AvgIpc) is 2.54. The van der Waals surface area contributed by atoms with Crippen molar-refractivity contribution in [2.24, 2.45) is 0 Å². The monoisotopic (exact) mass is 323 g/mol. The van der Waals surface area contributed by atoms with Crippen molar-refractivity contribution < 1.29 is 4.79 Å². The number of fused-ring (bicyclic) bond motifs is 1. The number of aryl methyl sites for hydroxylation is 1. The number of nitrogens with zero attached hydrogens (tertiary/aromatic N) is 1. The van der Waals surface area contributed by atoms with Crippen molar-refractivity contribution >= 4 is 23.0 Å². The third kappa shape index (κ3) is 3.53. The number of benzene rings is 2. The molecular weight excluding hydrogens is 298 g/mol. The first-order chi connectivity index (χ1) is 11.5. The molecule has 0 saturated carbocycles. The molecule has 1 aliphatic rings. The maximum atomic E-state index is 12.6. The molecule has 0 aliphatic carbocycles. The number of carbonyl (C=O) groups excluding carboxylic acids is 1. The maximum absolute atomic E-state index is 12.6. The third-order valence-electron chi connectivity index (χ3n) is 4.31. The van der Waals surface area contributed by atoms with Crippen LogP contribution in [-0.2, 0) is 11.2 Å². The maximum Gasteiger partial charge on any atom is 0.243 e. The van der Waals surface area contributed by atoms with E-state index in [0.717, 1.165) is 35.6 Å². The second kappa shape index (κ2) is 6.56. The molecule has 2 aromatic rings. The van der Waals surface area contributed by atoms with Crippen molar-refractivity contribution in [1.82, 2.24) is 0 Å². The van der Waals surface area contributed by atoms with Gasteiger partial charge in [-0.3, -0.25) is 4.79 Å². The highest BCUT2D eigenvalue weighted by Crippen LogP contribution is 2.33. The average molecular weight is 323 g/mol. The Morgan fingerprint density at radius 2 is 1.88 bits per heavy atom. The van der Waals surface area contributed by atoms with Gasteiger partial charge in [-0.15, -0.1) is 0 Å². The lowest BCUT2D eigenvalue weighted by Crippen LogP contribution is -2.50. The largest absolute Gasteiger partial charge is 0.377 e. The fraction of sp³-hybridized carbons (Fsp3) is 0.350. The molecule has 0 atom stereocenters. The molecule has 2 aromatic carbocycles. The summed E-state index contributed by atoms with van der Waals surface area (Å²) in [5.41, 5.74) is 4.15. The zero-order chi connectivity index (χ0) is 17.2. The quantitative estimate of drug-likeness (QED) is 0.897. The second-order valence-electron chi connectivity index (χ2n) is 6.94. The van der Waals surface area contributed by atoms with Gasteiger partial charge < -0.3 is 15.5 Å². The molecule has 0 radical (unpaired) electrons. The van der Waals surface area contributed by atoms with Gasteiger partial charge >= 0.3 is 0 Å². The molecule has 24 heavy (non-hydrogen) atoms. The highest BCUT2D eigenvalue weighted by atomic mass is 16.2. The van der Waals surface area contributed by atoms with E-state index in [9.17, 15) is 4.79 Å². The van der Waals surface area contributed by atoms with E-state index in [4.69, 9.17) is 0 Å². The minimum Gasteiger partial charge on any atom is -0.377 e. The topological polar surface area (TPSA) is 44.4 Å². The minimum atomic E-state index is -0.0735. The highest BCUT2D eigenvalue weighted by Gasteiger charge is 2.30. The Morgan fingerprint density at radius 1 is 1.17 bits per heavy atom. The van der Waals surface area contributed by atoms with Crippen molar-refractivity contribution in [2.45, 2.75) is 32.7 Å². The molecule has 0 spiro atoms. The van der Waals surface area contributed by atoms with Crippen molar-refractivity contribution in [3.63, 3.8) is 0 Å². The normalized spacial score (nSPS) is 15.4. The fourth-order valence-corrected chi connectivity index (χ4v) is 3.28. The molecule has 0 fully saturated rings. The first-order valence-corrected chi connectivity index (χ1v) is 8.48. The van der Waals surface area contributed by atoms with Crippen LogP contribution in [0.3, 0.4) is 0 Å². The van der Waals surface area contributed by atoms with E-state index < -0.39 is 0 Å². The zero-order valence-corrected chi connectivity index (χ0v) is 14.6. The van der Waals surface area contributed by atoms with E-state index in [1.54, 1.807) is 0 Å². The van der Waals surface area contributed by atoms with Crippen LogP contribution in [0.15, 0.2) is 48.5 Å². The van der Waals surface area contributed by atoms with E-state index in [1.807, 2.05) is 30.3 Å². The minimum absolute atomic E-state index is 0.0170. The Bertz CT molecular complexity index is 739. The molecule has 2 N–H and O–H groups in total. The number of para-hydroxylation sites is 3. The number of anilines is 3. The van der Waals surface area contributed by atoms with Crippen LogP contribution in [0.4, 0.5) is 17.1 Å². The highest BCUT2D eigenvalue weighted by molar-refractivity contribution is 5.95. The van der Waals surface area contributed by atoms with Crippen LogP contribution in [0.5, 0.6) is 0 Å². The van der Waals surface area contributed by atoms with Gasteiger partial charge in [0, 0.05) is 17.8 Å². The summed E-state index contributed by atoms with van der Waals surface area (Å²) in [5.74, 6) is 0.0170. The van der Waals surface area contributed by atoms with Crippen LogP contribution >= 0.6 is 0 Å². The van der Waals surface area contributed by atoms with Crippen LogP contribution in [0.25, 0.3) is 0 Å². The van der Waals surface area contributed by atoms with Crippen LogP contribution in [0.2, 0.25) is 0 Å². The van der Waals surface area contributed by atoms with Crippen molar-refractivity contribution in [3.8, 4) is 0 Å². The van der Waals surface area contributed by atoms with E-state index in [2.05, 4.69) is 54.5 Å². The summed E-state index contributed by atoms with van der Waals surface area (Å²) in [6.07, 6.45) is 0.903. The van der Waals surface area contributed by atoms with Crippen LogP contribution in [0.1, 0.15) is 26.3 Å². The Labute approximate surface area is 143 Å². The molecule has 1 amide bonds. The van der Waals surface area contributed by atoms with Gasteiger partial charge in [-0.2, -0.15) is 0 Å². The second-order valence-corrected chi connectivity index (χ2v) is 6.94. The summed E-state index contributed by atoms with van der Waals surface area (Å²) in [7, 11) is 0. The number of carbonyl (C=O) groups is 1. The van der Waals surface area contributed by atoms with Crippen molar-refractivity contribution in [2.75, 3.05) is 28.6 Å². The first-order valence-electron chi connectivity index (χ1n) is 8.48. The lowest BCUT2D eigenvalue weighted by Gasteiger charge is -2.41. The molecule has 4 heteroatoms. The van der Waals surface area contributed by atoms with Gasteiger partial charge in [0.25, 0.3) is 0 Å². The summed E-state index contributed by atoms with van der Waals surface area (Å²) in [6.45, 7) is 7.54. The van der Waals surface area contributed by atoms with Gasteiger partial charge in [-0.05, 0) is 44.0 Å². The summed E-state index contributed by atoms with van der Waals surface area (Å²) >= 11 is 0. The zero-order valence-electron chi connectivity index (χ0n) is 14.6. The molecule has 3 rings (SSSR count). The number of amides is 1. The van der Waals surface area contributed by atoms with E-state index in [-0.39, 0.29) is 11.4 Å². The SMILES string of the molecule is CCc1ccccc1NC(=O)CN1CC(C)(C)Nc2ccccc21. The van der Waals surface area contributed by atoms with Crippen LogP contribution < -0.4 is 15.5 Å². The predicted octanol–water partition coefficient (Wildman–Crippen LogP) is 3.90. The molecule has 0 saturated heterocycles. The smallest absolute Gasteiger partial charge is 0.243 e. The number of rotatable bonds is 4.